The molecule has 4 rings (SSSR count). The van der Waals surface area contributed by atoms with Gasteiger partial charge in [0.05, 0.1) is 16.7 Å². The van der Waals surface area contributed by atoms with E-state index < -0.39 is 4.92 Å². The Balaban J connectivity index is 1.39. The molecule has 0 radical (unpaired) electrons. The minimum atomic E-state index is -0.478. The lowest BCUT2D eigenvalue weighted by Gasteiger charge is -2.32. The van der Waals surface area contributed by atoms with Crippen molar-refractivity contribution < 1.29 is 18.9 Å². The van der Waals surface area contributed by atoms with E-state index in [9.17, 15) is 19.7 Å². The highest BCUT2D eigenvalue weighted by molar-refractivity contribution is 5.96. The minimum Gasteiger partial charge on any atom is -0.472 e. The highest BCUT2D eigenvalue weighted by atomic mass is 16.6. The molecule has 1 aliphatic carbocycles. The molecule has 0 unspecified atom stereocenters. The standard InChI is InChI=1S/C20H22N4O5/c25-19(22-15-2-3-15)13-1-4-17(18(11-13)24(27)28)21-16-5-8-23(9-6-16)20(26)14-7-10-29-12-14/h1,4,7,10-12,15-16,21H,2-3,5-6,8-9H2,(H,22,25). The van der Waals surface area contributed by atoms with Crippen molar-refractivity contribution >= 4 is 23.2 Å². The monoisotopic (exact) mass is 398 g/mol. The van der Waals surface area contributed by atoms with Crippen LogP contribution in [0.5, 0.6) is 0 Å². The third-order valence-electron chi connectivity index (χ3n) is 5.28. The van der Waals surface area contributed by atoms with Gasteiger partial charge in [0.25, 0.3) is 17.5 Å². The van der Waals surface area contributed by atoms with Crippen LogP contribution in [0.4, 0.5) is 11.4 Å². The second kappa shape index (κ2) is 7.94. The lowest BCUT2D eigenvalue weighted by Crippen LogP contribution is -2.42. The number of benzene rings is 1. The molecular weight excluding hydrogens is 376 g/mol. The van der Waals surface area contributed by atoms with Gasteiger partial charge in [-0.3, -0.25) is 19.7 Å². The zero-order chi connectivity index (χ0) is 20.4. The van der Waals surface area contributed by atoms with Crippen LogP contribution >= 0.6 is 0 Å². The molecule has 2 fully saturated rings. The highest BCUT2D eigenvalue weighted by Gasteiger charge is 2.27. The van der Waals surface area contributed by atoms with Gasteiger partial charge in [-0.15, -0.1) is 0 Å². The number of piperidine rings is 1. The molecule has 1 saturated heterocycles. The summed E-state index contributed by atoms with van der Waals surface area (Å²) in [6, 6.07) is 6.34. The predicted molar refractivity (Wildman–Crippen MR) is 105 cm³/mol. The minimum absolute atomic E-state index is 0.00763. The van der Waals surface area contributed by atoms with E-state index in [1.807, 2.05) is 0 Å². The maximum atomic E-state index is 12.4. The average molecular weight is 398 g/mol. The van der Waals surface area contributed by atoms with Crippen LogP contribution in [0, 0.1) is 10.1 Å². The second-order valence-corrected chi connectivity index (χ2v) is 7.46. The van der Waals surface area contributed by atoms with Crippen molar-refractivity contribution in [1.82, 2.24) is 10.2 Å². The van der Waals surface area contributed by atoms with Crippen LogP contribution in [0.1, 0.15) is 46.4 Å². The molecule has 152 valence electrons. The maximum Gasteiger partial charge on any atom is 0.293 e. The van der Waals surface area contributed by atoms with Gasteiger partial charge in [-0.05, 0) is 43.9 Å². The fourth-order valence-corrected chi connectivity index (χ4v) is 3.46. The summed E-state index contributed by atoms with van der Waals surface area (Å²) in [6.07, 6.45) is 6.14. The summed E-state index contributed by atoms with van der Waals surface area (Å²) in [5, 5.41) is 17.6. The largest absolute Gasteiger partial charge is 0.472 e. The number of rotatable bonds is 6. The van der Waals surface area contributed by atoms with E-state index in [-0.39, 0.29) is 35.1 Å². The van der Waals surface area contributed by atoms with Crippen molar-refractivity contribution in [2.24, 2.45) is 0 Å². The maximum absolute atomic E-state index is 12.4. The van der Waals surface area contributed by atoms with E-state index >= 15 is 0 Å². The van der Waals surface area contributed by atoms with Crippen LogP contribution in [-0.2, 0) is 0 Å². The van der Waals surface area contributed by atoms with Gasteiger partial charge in [0, 0.05) is 36.8 Å². The Morgan fingerprint density at radius 3 is 2.45 bits per heavy atom. The molecule has 1 aliphatic heterocycles. The van der Waals surface area contributed by atoms with Gasteiger partial charge >= 0.3 is 0 Å². The van der Waals surface area contributed by atoms with Gasteiger partial charge < -0.3 is 20.0 Å². The molecule has 2 heterocycles. The van der Waals surface area contributed by atoms with Crippen LogP contribution in [-0.4, -0.2) is 46.8 Å². The number of nitrogens with zero attached hydrogens (tertiary/aromatic N) is 2. The van der Waals surface area contributed by atoms with Gasteiger partial charge in [-0.1, -0.05) is 0 Å². The fourth-order valence-electron chi connectivity index (χ4n) is 3.46. The second-order valence-electron chi connectivity index (χ2n) is 7.46. The molecule has 2 aromatic rings. The van der Waals surface area contributed by atoms with Crippen molar-refractivity contribution in [1.29, 1.82) is 0 Å². The number of likely N-dealkylation sites (tertiary alicyclic amines) is 1. The normalized spacial score (nSPS) is 17.0. The number of furan rings is 1. The predicted octanol–water partition coefficient (Wildman–Crippen LogP) is 2.80. The third-order valence-corrected chi connectivity index (χ3v) is 5.28. The average Bonchev–Trinajstić information content (AvgIpc) is 3.36. The summed E-state index contributed by atoms with van der Waals surface area (Å²) in [5.74, 6) is -0.359. The lowest BCUT2D eigenvalue weighted by molar-refractivity contribution is -0.384. The first-order chi connectivity index (χ1) is 14.0. The highest BCUT2D eigenvalue weighted by Crippen LogP contribution is 2.29. The van der Waals surface area contributed by atoms with Crippen molar-refractivity contribution in [2.75, 3.05) is 18.4 Å². The first-order valence-electron chi connectivity index (χ1n) is 9.68. The van der Waals surface area contributed by atoms with Crippen LogP contribution in [0.15, 0.2) is 41.2 Å². The summed E-state index contributed by atoms with van der Waals surface area (Å²) in [7, 11) is 0. The molecule has 2 N–H and O–H groups in total. The Labute approximate surface area is 167 Å². The summed E-state index contributed by atoms with van der Waals surface area (Å²) >= 11 is 0. The number of hydrogen-bond acceptors (Lipinski definition) is 6. The lowest BCUT2D eigenvalue weighted by atomic mass is 10.0. The Morgan fingerprint density at radius 1 is 1.07 bits per heavy atom. The number of carbonyl (C=O) groups excluding carboxylic acids is 2. The molecule has 9 nitrogen and oxygen atoms in total. The van der Waals surface area contributed by atoms with Crippen LogP contribution in [0.3, 0.4) is 0 Å². The molecule has 9 heteroatoms. The molecule has 1 saturated carbocycles. The number of nitrogens with one attached hydrogen (secondary N) is 2. The summed E-state index contributed by atoms with van der Waals surface area (Å²) < 4.78 is 4.96. The van der Waals surface area contributed by atoms with E-state index in [0.29, 0.717) is 37.2 Å². The van der Waals surface area contributed by atoms with Crippen molar-refractivity contribution in [2.45, 2.75) is 37.8 Å². The summed E-state index contributed by atoms with van der Waals surface area (Å²) in [5.41, 5.74) is 1.07. The van der Waals surface area contributed by atoms with E-state index in [1.165, 1.54) is 18.6 Å². The van der Waals surface area contributed by atoms with Crippen molar-refractivity contribution in [3.05, 3.63) is 58.0 Å². The van der Waals surface area contributed by atoms with Gasteiger partial charge in [0.2, 0.25) is 0 Å². The topological polar surface area (TPSA) is 118 Å². The molecule has 29 heavy (non-hydrogen) atoms. The smallest absolute Gasteiger partial charge is 0.293 e. The molecule has 2 amide bonds. The van der Waals surface area contributed by atoms with Crippen molar-refractivity contribution in [3.63, 3.8) is 0 Å². The van der Waals surface area contributed by atoms with E-state index in [0.717, 1.165) is 12.8 Å². The van der Waals surface area contributed by atoms with Crippen LogP contribution in [0.25, 0.3) is 0 Å². The third kappa shape index (κ3) is 4.39. The fraction of sp³-hybridized carbons (Fsp3) is 0.400. The zero-order valence-corrected chi connectivity index (χ0v) is 15.8. The Morgan fingerprint density at radius 2 is 1.83 bits per heavy atom. The Bertz CT molecular complexity index is 915. The number of carbonyl (C=O) groups is 2. The first-order valence-corrected chi connectivity index (χ1v) is 9.68. The molecule has 1 aromatic heterocycles. The van der Waals surface area contributed by atoms with Gasteiger partial charge in [-0.25, -0.2) is 0 Å². The number of hydrogen-bond donors (Lipinski definition) is 2. The SMILES string of the molecule is O=C(NC1CC1)c1ccc(NC2CCN(C(=O)c3ccoc3)CC2)c([N+](=O)[O-])c1. The number of nitro benzene ring substituents is 1. The zero-order valence-electron chi connectivity index (χ0n) is 15.8. The molecule has 1 aromatic carbocycles. The number of amides is 2. The first kappa shape index (κ1) is 19.0. The Hall–Kier alpha value is -3.36. The quantitative estimate of drug-likeness (QED) is 0.571. The Kier molecular flexibility index (Phi) is 5.20. The van der Waals surface area contributed by atoms with Crippen LogP contribution in [0.2, 0.25) is 0 Å². The van der Waals surface area contributed by atoms with E-state index in [4.69, 9.17) is 4.42 Å². The van der Waals surface area contributed by atoms with Gasteiger partial charge in [0.15, 0.2) is 0 Å². The molecular formula is C20H22N4O5. The van der Waals surface area contributed by atoms with E-state index in [2.05, 4.69) is 10.6 Å². The molecule has 0 spiro atoms. The number of nitro groups is 1. The van der Waals surface area contributed by atoms with Gasteiger partial charge in [0.1, 0.15) is 12.0 Å². The van der Waals surface area contributed by atoms with Crippen LogP contribution < -0.4 is 10.6 Å². The molecule has 0 atom stereocenters. The summed E-state index contributed by atoms with van der Waals surface area (Å²) in [6.45, 7) is 1.11. The van der Waals surface area contributed by atoms with Crippen molar-refractivity contribution in [3.8, 4) is 0 Å². The molecule has 0 bridgehead atoms. The molecule has 2 aliphatic rings. The number of anilines is 1. The van der Waals surface area contributed by atoms with Gasteiger partial charge in [-0.2, -0.15) is 0 Å². The van der Waals surface area contributed by atoms with E-state index in [1.54, 1.807) is 23.1 Å². The summed E-state index contributed by atoms with van der Waals surface area (Å²) in [4.78, 5) is 37.3.